The molecular weight excluding hydrogens is 410 g/mol. The molecule has 0 atom stereocenters. The Kier molecular flexibility index (Phi) is 5.45. The van der Waals surface area contributed by atoms with Gasteiger partial charge in [0.15, 0.2) is 0 Å². The van der Waals surface area contributed by atoms with Crippen LogP contribution in [0, 0.1) is 6.92 Å². The number of benzene rings is 1. The highest BCUT2D eigenvalue weighted by Gasteiger charge is 2.25. The van der Waals surface area contributed by atoms with Crippen molar-refractivity contribution in [1.82, 2.24) is 24.8 Å². The lowest BCUT2D eigenvalue weighted by Gasteiger charge is -2.36. The molecule has 0 N–H and O–H groups in total. The zero-order valence-corrected chi connectivity index (χ0v) is 18.8. The summed E-state index contributed by atoms with van der Waals surface area (Å²) < 4.78 is 1.05. The lowest BCUT2D eigenvalue weighted by Crippen LogP contribution is -2.49. The van der Waals surface area contributed by atoms with Crippen LogP contribution in [-0.2, 0) is 0 Å². The van der Waals surface area contributed by atoms with E-state index >= 15 is 0 Å². The van der Waals surface area contributed by atoms with E-state index in [4.69, 9.17) is 9.97 Å². The van der Waals surface area contributed by atoms with Gasteiger partial charge < -0.3 is 19.6 Å². The van der Waals surface area contributed by atoms with Crippen LogP contribution < -0.4 is 9.80 Å². The number of likely N-dealkylation sites (N-methyl/N-ethyl adjacent to an activating group) is 1. The first-order valence-corrected chi connectivity index (χ1v) is 11.6. The lowest BCUT2D eigenvalue weighted by atomic mass is 10.1. The number of rotatable bonds is 3. The van der Waals surface area contributed by atoms with E-state index in [0.29, 0.717) is 13.1 Å². The molecule has 162 valence electrons. The van der Waals surface area contributed by atoms with Crippen LogP contribution in [0.25, 0.3) is 10.2 Å². The van der Waals surface area contributed by atoms with E-state index in [0.717, 1.165) is 72.5 Å². The molecule has 9 heteroatoms. The van der Waals surface area contributed by atoms with E-state index in [2.05, 4.69) is 32.8 Å². The summed E-state index contributed by atoms with van der Waals surface area (Å²) in [6.07, 6.45) is 0. The Hall–Kier alpha value is -2.78. The number of anilines is 2. The number of amides is 1. The molecule has 1 amide bonds. The van der Waals surface area contributed by atoms with Crippen molar-refractivity contribution >= 4 is 39.2 Å². The first kappa shape index (κ1) is 20.1. The predicted molar refractivity (Wildman–Crippen MR) is 124 cm³/mol. The van der Waals surface area contributed by atoms with Gasteiger partial charge in [-0.1, -0.05) is 0 Å². The second-order valence-corrected chi connectivity index (χ2v) is 9.16. The zero-order chi connectivity index (χ0) is 21.4. The molecule has 0 radical (unpaired) electrons. The van der Waals surface area contributed by atoms with Crippen LogP contribution in [-0.4, -0.2) is 90.1 Å². The molecule has 3 aromatic rings. The fourth-order valence-corrected chi connectivity index (χ4v) is 4.87. The molecular formula is C22H27N7OS. The Balaban J connectivity index is 1.26. The summed E-state index contributed by atoms with van der Waals surface area (Å²) in [7, 11) is 2.16. The monoisotopic (exact) mass is 437 g/mol. The number of aromatic nitrogens is 3. The van der Waals surface area contributed by atoms with Gasteiger partial charge in [-0.15, -0.1) is 11.3 Å². The van der Waals surface area contributed by atoms with Gasteiger partial charge in [-0.05, 0) is 32.2 Å². The molecule has 0 bridgehead atoms. The standard InChI is InChI=1S/C22H27N7OS/c1-16-13-20(27-7-5-26(2)6-8-27)25-22(24-16)29-11-9-28(10-12-29)21(30)17-3-4-18-19(14-17)31-15-23-18/h3-4,13-15H,5-12H2,1-2H3. The van der Waals surface area contributed by atoms with Gasteiger partial charge in [0.1, 0.15) is 5.82 Å². The summed E-state index contributed by atoms with van der Waals surface area (Å²) in [5.41, 5.74) is 4.47. The maximum atomic E-state index is 13.0. The number of hydrogen-bond donors (Lipinski definition) is 0. The molecule has 0 spiro atoms. The number of carbonyl (C=O) groups is 1. The number of aryl methyl sites for hydroxylation is 1. The van der Waals surface area contributed by atoms with Crippen molar-refractivity contribution in [3.8, 4) is 0 Å². The van der Waals surface area contributed by atoms with Crippen molar-refractivity contribution in [1.29, 1.82) is 0 Å². The van der Waals surface area contributed by atoms with Crippen molar-refractivity contribution in [2.45, 2.75) is 6.92 Å². The van der Waals surface area contributed by atoms with Crippen LogP contribution in [0.15, 0.2) is 29.8 Å². The first-order valence-electron chi connectivity index (χ1n) is 10.7. The molecule has 2 saturated heterocycles. The predicted octanol–water partition coefficient (Wildman–Crippen LogP) is 2.11. The van der Waals surface area contributed by atoms with Crippen LogP contribution in [0.1, 0.15) is 16.1 Å². The van der Waals surface area contributed by atoms with E-state index in [-0.39, 0.29) is 5.91 Å². The van der Waals surface area contributed by atoms with Gasteiger partial charge in [0.25, 0.3) is 5.91 Å². The first-order chi connectivity index (χ1) is 15.1. The fourth-order valence-electron chi connectivity index (χ4n) is 4.16. The summed E-state index contributed by atoms with van der Waals surface area (Å²) in [6, 6.07) is 7.83. The highest BCUT2D eigenvalue weighted by Crippen LogP contribution is 2.22. The molecule has 0 aliphatic carbocycles. The van der Waals surface area contributed by atoms with Gasteiger partial charge in [-0.2, -0.15) is 4.98 Å². The number of carbonyl (C=O) groups excluding carboxylic acids is 1. The van der Waals surface area contributed by atoms with E-state index in [1.165, 1.54) is 0 Å². The van der Waals surface area contributed by atoms with Gasteiger partial charge in [0.05, 0.1) is 15.7 Å². The second-order valence-electron chi connectivity index (χ2n) is 8.27. The average molecular weight is 438 g/mol. The molecule has 0 unspecified atom stereocenters. The highest BCUT2D eigenvalue weighted by molar-refractivity contribution is 7.16. The Morgan fingerprint density at radius 3 is 2.45 bits per heavy atom. The maximum absolute atomic E-state index is 13.0. The van der Waals surface area contributed by atoms with Gasteiger partial charge in [-0.3, -0.25) is 4.79 Å². The van der Waals surface area contributed by atoms with Crippen molar-refractivity contribution in [2.75, 3.05) is 69.2 Å². The van der Waals surface area contributed by atoms with Crippen LogP contribution in [0.2, 0.25) is 0 Å². The molecule has 1 aromatic carbocycles. The van der Waals surface area contributed by atoms with Crippen molar-refractivity contribution in [2.24, 2.45) is 0 Å². The smallest absolute Gasteiger partial charge is 0.254 e. The summed E-state index contributed by atoms with van der Waals surface area (Å²) >= 11 is 1.56. The van der Waals surface area contributed by atoms with Gasteiger partial charge >= 0.3 is 0 Å². The minimum atomic E-state index is 0.0817. The molecule has 5 rings (SSSR count). The number of nitrogens with zero attached hydrogens (tertiary/aromatic N) is 7. The fraction of sp³-hybridized carbons (Fsp3) is 0.455. The number of fused-ring (bicyclic) bond motifs is 1. The van der Waals surface area contributed by atoms with Gasteiger partial charge in [-0.25, -0.2) is 9.97 Å². The second kappa shape index (κ2) is 8.39. The SMILES string of the molecule is Cc1cc(N2CCN(C)CC2)nc(N2CCN(C(=O)c3ccc4ncsc4c3)CC2)n1. The minimum absolute atomic E-state index is 0.0817. The number of piperazine rings is 2. The van der Waals surface area contributed by atoms with E-state index in [1.54, 1.807) is 11.3 Å². The molecule has 31 heavy (non-hydrogen) atoms. The normalized spacial score (nSPS) is 18.1. The summed E-state index contributed by atoms with van der Waals surface area (Å²) in [5, 5.41) is 0. The van der Waals surface area contributed by atoms with E-state index in [9.17, 15) is 4.79 Å². The molecule has 2 fully saturated rings. The molecule has 2 aliphatic heterocycles. The average Bonchev–Trinajstić information content (AvgIpc) is 3.27. The topological polar surface area (TPSA) is 68.7 Å². The third-order valence-electron chi connectivity index (χ3n) is 6.08. The summed E-state index contributed by atoms with van der Waals surface area (Å²) in [5.74, 6) is 1.86. The number of thiazole rings is 1. The minimum Gasteiger partial charge on any atom is -0.354 e. The Bertz CT molecular complexity index is 1080. The van der Waals surface area contributed by atoms with E-state index < -0.39 is 0 Å². The molecule has 4 heterocycles. The molecule has 2 aliphatic rings. The molecule has 2 aromatic heterocycles. The Labute approximate surface area is 186 Å². The molecule has 0 saturated carbocycles. The van der Waals surface area contributed by atoms with Crippen molar-refractivity contribution in [3.63, 3.8) is 0 Å². The van der Waals surface area contributed by atoms with Crippen LogP contribution in [0.4, 0.5) is 11.8 Å². The summed E-state index contributed by atoms with van der Waals surface area (Å²) in [6.45, 7) is 8.90. The van der Waals surface area contributed by atoms with Gasteiger partial charge in [0, 0.05) is 69.7 Å². The van der Waals surface area contributed by atoms with E-state index in [1.807, 2.05) is 35.5 Å². The highest BCUT2D eigenvalue weighted by atomic mass is 32.1. The largest absolute Gasteiger partial charge is 0.354 e. The lowest BCUT2D eigenvalue weighted by molar-refractivity contribution is 0.0746. The number of hydrogen-bond acceptors (Lipinski definition) is 8. The van der Waals surface area contributed by atoms with Gasteiger partial charge in [0.2, 0.25) is 5.95 Å². The van der Waals surface area contributed by atoms with Crippen LogP contribution in [0.3, 0.4) is 0 Å². The zero-order valence-electron chi connectivity index (χ0n) is 18.0. The third kappa shape index (κ3) is 4.20. The van der Waals surface area contributed by atoms with Crippen molar-refractivity contribution in [3.05, 3.63) is 41.0 Å². The maximum Gasteiger partial charge on any atom is 0.254 e. The third-order valence-corrected chi connectivity index (χ3v) is 6.88. The van der Waals surface area contributed by atoms with Crippen molar-refractivity contribution < 1.29 is 4.79 Å². The molecule has 8 nitrogen and oxygen atoms in total. The summed E-state index contributed by atoms with van der Waals surface area (Å²) in [4.78, 5) is 35.7. The van der Waals surface area contributed by atoms with Crippen LogP contribution in [0.5, 0.6) is 0 Å². The quantitative estimate of drug-likeness (QED) is 0.622. The Morgan fingerprint density at radius 1 is 0.935 bits per heavy atom. The van der Waals surface area contributed by atoms with Crippen LogP contribution >= 0.6 is 11.3 Å². The Morgan fingerprint density at radius 2 is 1.68 bits per heavy atom.